The van der Waals surface area contributed by atoms with Crippen LogP contribution in [0.4, 0.5) is 0 Å². The van der Waals surface area contributed by atoms with Crippen LogP contribution in [0.5, 0.6) is 11.5 Å². The van der Waals surface area contributed by atoms with Crippen LogP contribution < -0.4 is 9.47 Å². The van der Waals surface area contributed by atoms with Gasteiger partial charge in [-0.3, -0.25) is 9.59 Å². The van der Waals surface area contributed by atoms with Crippen molar-refractivity contribution in [1.82, 2.24) is 14.5 Å². The Labute approximate surface area is 202 Å². The van der Waals surface area contributed by atoms with Gasteiger partial charge in [0.25, 0.3) is 11.7 Å². The van der Waals surface area contributed by atoms with Gasteiger partial charge >= 0.3 is 0 Å². The number of para-hydroxylation sites is 1. The molecular formula is C25H24ClN3O5. The number of aromatic nitrogens is 2. The van der Waals surface area contributed by atoms with E-state index in [2.05, 4.69) is 4.98 Å². The molecule has 2 aromatic carbocycles. The first-order chi connectivity index (χ1) is 16.5. The van der Waals surface area contributed by atoms with Crippen molar-refractivity contribution < 1.29 is 24.2 Å². The zero-order valence-corrected chi connectivity index (χ0v) is 19.5. The number of ketones is 1. The SMILES string of the molecule is COc1cccc([C@H]2C(=C(O)c3ccc(Cl)cc3)C(=O)C(=O)N2CCCn2ccnc2)c1OC. The molecule has 1 aliphatic heterocycles. The Hall–Kier alpha value is -3.78. The predicted octanol–water partition coefficient (Wildman–Crippen LogP) is 4.07. The Morgan fingerprint density at radius 1 is 1.09 bits per heavy atom. The highest BCUT2D eigenvalue weighted by Gasteiger charge is 2.47. The number of hydrogen-bond donors (Lipinski definition) is 1. The molecule has 0 bridgehead atoms. The number of ether oxygens (including phenoxy) is 2. The van der Waals surface area contributed by atoms with Gasteiger partial charge in [0, 0.05) is 41.6 Å². The number of amides is 1. The number of methoxy groups -OCH3 is 2. The van der Waals surface area contributed by atoms with Gasteiger partial charge in [-0.15, -0.1) is 0 Å². The van der Waals surface area contributed by atoms with Gasteiger partial charge in [-0.05, 0) is 36.8 Å². The van der Waals surface area contributed by atoms with Gasteiger partial charge in [-0.2, -0.15) is 0 Å². The van der Waals surface area contributed by atoms with E-state index in [9.17, 15) is 14.7 Å². The van der Waals surface area contributed by atoms with E-state index in [-0.39, 0.29) is 17.9 Å². The van der Waals surface area contributed by atoms with Crippen LogP contribution in [0.3, 0.4) is 0 Å². The summed E-state index contributed by atoms with van der Waals surface area (Å²) in [5.41, 5.74) is 0.911. The number of likely N-dealkylation sites (tertiary alicyclic amines) is 1. The number of nitrogens with zero attached hydrogens (tertiary/aromatic N) is 3. The van der Waals surface area contributed by atoms with Gasteiger partial charge in [-0.25, -0.2) is 4.98 Å². The summed E-state index contributed by atoms with van der Waals surface area (Å²) < 4.78 is 12.9. The topological polar surface area (TPSA) is 93.9 Å². The highest BCUT2D eigenvalue weighted by atomic mass is 35.5. The monoisotopic (exact) mass is 481 g/mol. The molecule has 0 unspecified atom stereocenters. The van der Waals surface area contributed by atoms with Crippen LogP contribution in [0, 0.1) is 0 Å². The van der Waals surface area contributed by atoms with E-state index < -0.39 is 17.7 Å². The number of aryl methyl sites for hydroxylation is 1. The van der Waals surface area contributed by atoms with Gasteiger partial charge in [0.2, 0.25) is 0 Å². The maximum Gasteiger partial charge on any atom is 0.295 e. The molecule has 9 heteroatoms. The smallest absolute Gasteiger partial charge is 0.295 e. The lowest BCUT2D eigenvalue weighted by Crippen LogP contribution is -2.31. The Balaban J connectivity index is 1.81. The first kappa shape index (κ1) is 23.4. The molecule has 34 heavy (non-hydrogen) atoms. The number of halogens is 1. The number of imidazole rings is 1. The molecule has 1 fully saturated rings. The van der Waals surface area contributed by atoms with E-state index in [1.54, 1.807) is 55.0 Å². The van der Waals surface area contributed by atoms with Crippen molar-refractivity contribution in [3.8, 4) is 11.5 Å². The average Bonchev–Trinajstić information content (AvgIpc) is 3.45. The van der Waals surface area contributed by atoms with Crippen LogP contribution >= 0.6 is 11.6 Å². The number of rotatable bonds is 8. The zero-order chi connectivity index (χ0) is 24.2. The molecule has 2 heterocycles. The van der Waals surface area contributed by atoms with E-state index in [0.29, 0.717) is 40.6 Å². The quantitative estimate of drug-likeness (QED) is 0.296. The Morgan fingerprint density at radius 2 is 1.85 bits per heavy atom. The molecule has 1 aromatic heterocycles. The lowest BCUT2D eigenvalue weighted by Gasteiger charge is -2.27. The van der Waals surface area contributed by atoms with Crippen molar-refractivity contribution >= 4 is 29.1 Å². The summed E-state index contributed by atoms with van der Waals surface area (Å²) in [5.74, 6) is -0.878. The Bertz CT molecular complexity index is 1220. The van der Waals surface area contributed by atoms with E-state index in [4.69, 9.17) is 21.1 Å². The molecule has 176 valence electrons. The first-order valence-corrected chi connectivity index (χ1v) is 11.0. The standard InChI is InChI=1S/C25H24ClN3O5/c1-33-19-6-3-5-18(24(19)34-2)21-20(22(30)16-7-9-17(26)10-8-16)23(31)25(32)29(21)13-4-12-28-14-11-27-15-28/h3,5-11,14-15,21,30H,4,12-13H2,1-2H3/t21-/m0/s1. The maximum atomic E-state index is 13.2. The van der Waals surface area contributed by atoms with Gasteiger partial charge < -0.3 is 24.0 Å². The van der Waals surface area contributed by atoms with Crippen molar-refractivity contribution in [2.45, 2.75) is 19.0 Å². The normalized spacial score (nSPS) is 17.3. The summed E-state index contributed by atoms with van der Waals surface area (Å²) >= 11 is 5.98. The third kappa shape index (κ3) is 4.36. The molecule has 0 spiro atoms. The summed E-state index contributed by atoms with van der Waals surface area (Å²) in [6, 6.07) is 10.8. The van der Waals surface area contributed by atoms with E-state index in [0.717, 1.165) is 0 Å². The number of carbonyl (C=O) groups excluding carboxylic acids is 2. The minimum Gasteiger partial charge on any atom is -0.507 e. The molecule has 0 radical (unpaired) electrons. The fourth-order valence-corrected chi connectivity index (χ4v) is 4.29. The molecule has 8 nitrogen and oxygen atoms in total. The maximum absolute atomic E-state index is 13.2. The van der Waals surface area contributed by atoms with Crippen LogP contribution in [0.1, 0.15) is 23.6 Å². The van der Waals surface area contributed by atoms with E-state index in [1.165, 1.54) is 19.1 Å². The zero-order valence-electron chi connectivity index (χ0n) is 18.8. The molecule has 1 aliphatic rings. The first-order valence-electron chi connectivity index (χ1n) is 10.7. The highest BCUT2D eigenvalue weighted by Crippen LogP contribution is 2.45. The van der Waals surface area contributed by atoms with Crippen molar-refractivity contribution in [2.24, 2.45) is 0 Å². The summed E-state index contributed by atoms with van der Waals surface area (Å²) in [5, 5.41) is 11.7. The highest BCUT2D eigenvalue weighted by molar-refractivity contribution is 6.46. The van der Waals surface area contributed by atoms with Crippen molar-refractivity contribution in [3.63, 3.8) is 0 Å². The van der Waals surface area contributed by atoms with Crippen LogP contribution in [-0.4, -0.2) is 52.0 Å². The number of aliphatic hydroxyl groups is 1. The predicted molar refractivity (Wildman–Crippen MR) is 127 cm³/mol. The van der Waals surface area contributed by atoms with Crippen molar-refractivity contribution in [1.29, 1.82) is 0 Å². The van der Waals surface area contributed by atoms with E-state index >= 15 is 0 Å². The number of Topliss-reactive ketones (excluding diaryl/α,β-unsaturated/α-hetero) is 1. The second-order valence-corrected chi connectivity index (χ2v) is 8.17. The number of hydrogen-bond acceptors (Lipinski definition) is 6. The van der Waals surface area contributed by atoms with Gasteiger partial charge in [0.1, 0.15) is 5.76 Å². The van der Waals surface area contributed by atoms with Crippen LogP contribution in [0.15, 0.2) is 66.8 Å². The molecule has 0 aliphatic carbocycles. The lowest BCUT2D eigenvalue weighted by atomic mass is 9.94. The third-order valence-electron chi connectivity index (χ3n) is 5.76. The van der Waals surface area contributed by atoms with Crippen molar-refractivity contribution in [3.05, 3.63) is 82.9 Å². The van der Waals surface area contributed by atoms with E-state index in [1.807, 2.05) is 10.8 Å². The Kier molecular flexibility index (Phi) is 6.88. The fourth-order valence-electron chi connectivity index (χ4n) is 4.17. The number of carbonyl (C=O) groups is 2. The minimum atomic E-state index is -0.858. The van der Waals surface area contributed by atoms with Crippen molar-refractivity contribution in [2.75, 3.05) is 20.8 Å². The molecule has 1 N–H and O–H groups in total. The van der Waals surface area contributed by atoms with Gasteiger partial charge in [0.05, 0.1) is 32.2 Å². The molecular weight excluding hydrogens is 458 g/mol. The molecule has 1 amide bonds. The molecule has 4 rings (SSSR count). The van der Waals surface area contributed by atoms with Gasteiger partial charge in [0.15, 0.2) is 11.5 Å². The largest absolute Gasteiger partial charge is 0.507 e. The summed E-state index contributed by atoms with van der Waals surface area (Å²) in [6.07, 6.45) is 5.78. The summed E-state index contributed by atoms with van der Waals surface area (Å²) in [4.78, 5) is 31.9. The van der Waals surface area contributed by atoms with Crippen LogP contribution in [0.2, 0.25) is 5.02 Å². The number of benzene rings is 2. The second kappa shape index (κ2) is 10.0. The molecule has 3 aromatic rings. The van der Waals surface area contributed by atoms with Crippen LogP contribution in [0.25, 0.3) is 5.76 Å². The Morgan fingerprint density at radius 3 is 2.50 bits per heavy atom. The molecule has 1 saturated heterocycles. The van der Waals surface area contributed by atoms with Gasteiger partial charge in [-0.1, -0.05) is 23.7 Å². The summed E-state index contributed by atoms with van der Waals surface area (Å²) in [6.45, 7) is 0.896. The molecule has 1 atom stereocenters. The minimum absolute atomic E-state index is 0.0125. The lowest BCUT2D eigenvalue weighted by molar-refractivity contribution is -0.140. The second-order valence-electron chi connectivity index (χ2n) is 7.74. The molecule has 0 saturated carbocycles. The van der Waals surface area contributed by atoms with Crippen LogP contribution in [-0.2, 0) is 16.1 Å². The number of aliphatic hydroxyl groups excluding tert-OH is 1. The summed E-state index contributed by atoms with van der Waals surface area (Å²) in [7, 11) is 3.00. The average molecular weight is 482 g/mol. The fraction of sp³-hybridized carbons (Fsp3) is 0.240. The third-order valence-corrected chi connectivity index (χ3v) is 6.01.